The molecule has 1 heterocycles. The van der Waals surface area contributed by atoms with Crippen molar-refractivity contribution in [2.24, 2.45) is 0 Å². The highest BCUT2D eigenvalue weighted by Crippen LogP contribution is 2.59. The van der Waals surface area contributed by atoms with Gasteiger partial charge in [0.05, 0.1) is 0 Å². The zero-order chi connectivity index (χ0) is 16.2. The van der Waals surface area contributed by atoms with E-state index in [-0.39, 0.29) is 0 Å². The molecule has 0 bridgehead atoms. The first-order valence-corrected chi connectivity index (χ1v) is 4.44. The van der Waals surface area contributed by atoms with E-state index in [1.54, 1.807) is 0 Å². The molecule has 1 aliphatic heterocycles. The van der Waals surface area contributed by atoms with Gasteiger partial charge in [0, 0.05) is 0 Å². The van der Waals surface area contributed by atoms with Gasteiger partial charge in [0.25, 0.3) is 0 Å². The Morgan fingerprint density at radius 3 is 1.60 bits per heavy atom. The summed E-state index contributed by atoms with van der Waals surface area (Å²) in [6, 6.07) is 0. The number of epoxide rings is 1. The average Bonchev–Trinajstić information content (AvgIpc) is 2.86. The number of hydrogen-bond acceptors (Lipinski definition) is 2. The van der Waals surface area contributed by atoms with Gasteiger partial charge in [-0.1, -0.05) is 0 Å². The second kappa shape index (κ2) is 4.32. The van der Waals surface area contributed by atoms with Crippen LogP contribution in [0.5, 0.6) is 0 Å². The van der Waals surface area contributed by atoms with Gasteiger partial charge in [-0.3, -0.25) is 0 Å². The van der Waals surface area contributed by atoms with Crippen LogP contribution in [-0.2, 0) is 9.47 Å². The van der Waals surface area contributed by atoms with Crippen molar-refractivity contribution < 1.29 is 57.8 Å². The molecule has 2 unspecified atom stereocenters. The first kappa shape index (κ1) is 17.2. The highest BCUT2D eigenvalue weighted by Gasteiger charge is 2.87. The normalized spacial score (nSPS) is 28.6. The van der Waals surface area contributed by atoms with Gasteiger partial charge in [-0.2, -0.15) is 48.3 Å². The molecule has 1 rings (SSSR count). The van der Waals surface area contributed by atoms with Gasteiger partial charge in [0.2, 0.25) is 0 Å². The van der Waals surface area contributed by atoms with E-state index in [9.17, 15) is 48.3 Å². The predicted octanol–water partition coefficient (Wildman–Crippen LogP) is 3.42. The molecular weight excluding hydrogens is 325 g/mol. The Balaban J connectivity index is 2.99. The third-order valence-electron chi connectivity index (χ3n) is 2.13. The van der Waals surface area contributed by atoms with Crippen LogP contribution >= 0.6 is 0 Å². The minimum Gasteiger partial charge on any atom is -0.331 e. The van der Waals surface area contributed by atoms with Gasteiger partial charge >= 0.3 is 30.2 Å². The molecule has 0 N–H and O–H groups in total. The van der Waals surface area contributed by atoms with Gasteiger partial charge in [-0.25, -0.2) is 0 Å². The SMILES string of the molecule is FC(F)(F)COC1(C(F)(F)F)OC1C(F)(F)C(F)(F)F. The summed E-state index contributed by atoms with van der Waals surface area (Å²) in [4.78, 5) is 0. The Kier molecular flexibility index (Phi) is 3.72. The quantitative estimate of drug-likeness (QED) is 0.585. The maximum atomic E-state index is 12.6. The van der Waals surface area contributed by atoms with E-state index in [0.717, 1.165) is 0 Å². The van der Waals surface area contributed by atoms with Crippen LogP contribution in [0.2, 0.25) is 0 Å². The van der Waals surface area contributed by atoms with E-state index in [4.69, 9.17) is 0 Å². The molecule has 120 valence electrons. The Labute approximate surface area is 102 Å². The van der Waals surface area contributed by atoms with Gasteiger partial charge in [-0.15, -0.1) is 0 Å². The molecule has 2 nitrogen and oxygen atoms in total. The molecule has 0 aromatic rings. The number of halogens is 11. The molecule has 1 aliphatic rings. The summed E-state index contributed by atoms with van der Waals surface area (Å²) in [6.45, 7) is -2.70. The summed E-state index contributed by atoms with van der Waals surface area (Å²) in [5.74, 6) is -10.7. The summed E-state index contributed by atoms with van der Waals surface area (Å²) in [7, 11) is 0. The number of alkyl halides is 11. The fourth-order valence-electron chi connectivity index (χ4n) is 1.20. The number of rotatable bonds is 3. The first-order chi connectivity index (χ1) is 8.55. The molecule has 2 atom stereocenters. The molecule has 20 heavy (non-hydrogen) atoms. The second-order valence-corrected chi connectivity index (χ2v) is 3.69. The number of ether oxygens (including phenoxy) is 2. The molecule has 1 fully saturated rings. The molecule has 13 heteroatoms. The minimum atomic E-state index is -6.44. The smallest absolute Gasteiger partial charge is 0.331 e. The lowest BCUT2D eigenvalue weighted by Crippen LogP contribution is -2.50. The molecule has 0 aromatic heterocycles. The van der Waals surface area contributed by atoms with Crippen molar-refractivity contribution in [2.75, 3.05) is 6.61 Å². The summed E-state index contributed by atoms with van der Waals surface area (Å²) >= 11 is 0. The lowest BCUT2D eigenvalue weighted by atomic mass is 10.1. The molecule has 0 saturated carbocycles. The first-order valence-electron chi connectivity index (χ1n) is 4.44. The molecular formula is C7H3F11O2. The lowest BCUT2D eigenvalue weighted by molar-refractivity contribution is -0.312. The van der Waals surface area contributed by atoms with Crippen molar-refractivity contribution >= 4 is 0 Å². The summed E-state index contributed by atoms with van der Waals surface area (Å²) in [5.41, 5.74) is 0. The van der Waals surface area contributed by atoms with Crippen LogP contribution < -0.4 is 0 Å². The van der Waals surface area contributed by atoms with Crippen molar-refractivity contribution in [3.05, 3.63) is 0 Å². The maximum absolute atomic E-state index is 12.6. The van der Waals surface area contributed by atoms with E-state index in [2.05, 4.69) is 9.47 Å². The third-order valence-corrected chi connectivity index (χ3v) is 2.13. The Morgan fingerprint density at radius 1 is 0.850 bits per heavy atom. The zero-order valence-corrected chi connectivity index (χ0v) is 8.76. The van der Waals surface area contributed by atoms with Crippen LogP contribution in [-0.4, -0.2) is 42.9 Å². The van der Waals surface area contributed by atoms with Gasteiger partial charge in [0.15, 0.2) is 6.10 Å². The van der Waals surface area contributed by atoms with Crippen molar-refractivity contribution in [1.82, 2.24) is 0 Å². The van der Waals surface area contributed by atoms with Crippen LogP contribution in [0.25, 0.3) is 0 Å². The van der Waals surface area contributed by atoms with Crippen LogP contribution in [0.1, 0.15) is 0 Å². The van der Waals surface area contributed by atoms with Gasteiger partial charge < -0.3 is 9.47 Å². The Bertz CT molecular complexity index is 366. The van der Waals surface area contributed by atoms with Gasteiger partial charge in [-0.05, 0) is 0 Å². The standard InChI is InChI=1S/C7H3F11O2/c8-3(9,10)1-19-5(7(16,17)18)2(20-5)4(11,12)6(13,14)15/h2H,1H2. The molecule has 0 aromatic carbocycles. The van der Waals surface area contributed by atoms with Crippen LogP contribution in [0.4, 0.5) is 48.3 Å². The molecule has 0 amide bonds. The lowest BCUT2D eigenvalue weighted by Gasteiger charge is -2.22. The largest absolute Gasteiger partial charge is 0.456 e. The molecule has 0 spiro atoms. The van der Waals surface area contributed by atoms with E-state index in [1.807, 2.05) is 0 Å². The van der Waals surface area contributed by atoms with Crippen LogP contribution in [0, 0.1) is 0 Å². The van der Waals surface area contributed by atoms with Crippen LogP contribution in [0.3, 0.4) is 0 Å². The van der Waals surface area contributed by atoms with E-state index in [1.165, 1.54) is 0 Å². The monoisotopic (exact) mass is 328 g/mol. The van der Waals surface area contributed by atoms with Crippen molar-refractivity contribution in [1.29, 1.82) is 0 Å². The molecule has 1 saturated heterocycles. The summed E-state index contributed by atoms with van der Waals surface area (Å²) < 4.78 is 139. The van der Waals surface area contributed by atoms with Crippen LogP contribution in [0.15, 0.2) is 0 Å². The summed E-state index contributed by atoms with van der Waals surface area (Å²) in [5, 5.41) is 0. The van der Waals surface area contributed by atoms with E-state index < -0.39 is 42.9 Å². The fourth-order valence-corrected chi connectivity index (χ4v) is 1.20. The van der Waals surface area contributed by atoms with Crippen molar-refractivity contribution in [3.8, 4) is 0 Å². The highest BCUT2D eigenvalue weighted by molar-refractivity contribution is 5.10. The predicted molar refractivity (Wildman–Crippen MR) is 36.7 cm³/mol. The van der Waals surface area contributed by atoms with Gasteiger partial charge in [0.1, 0.15) is 6.61 Å². The average molecular weight is 328 g/mol. The topological polar surface area (TPSA) is 21.8 Å². The van der Waals surface area contributed by atoms with Crippen molar-refractivity contribution in [3.63, 3.8) is 0 Å². The number of hydrogen-bond donors (Lipinski definition) is 0. The van der Waals surface area contributed by atoms with E-state index >= 15 is 0 Å². The Hall–Kier alpha value is -0.850. The molecule has 0 aliphatic carbocycles. The Morgan fingerprint density at radius 2 is 1.30 bits per heavy atom. The maximum Gasteiger partial charge on any atom is 0.456 e. The highest BCUT2D eigenvalue weighted by atomic mass is 19.4. The van der Waals surface area contributed by atoms with Crippen molar-refractivity contribution in [2.45, 2.75) is 36.3 Å². The fraction of sp³-hybridized carbons (Fsp3) is 1.00. The second-order valence-electron chi connectivity index (χ2n) is 3.69. The van der Waals surface area contributed by atoms with E-state index in [0.29, 0.717) is 0 Å². The third kappa shape index (κ3) is 2.92. The summed E-state index contributed by atoms with van der Waals surface area (Å²) in [6.07, 6.45) is -21.7. The molecule has 0 radical (unpaired) electrons. The minimum absolute atomic E-state index is 2.70. The zero-order valence-electron chi connectivity index (χ0n) is 8.76.